The zero-order chi connectivity index (χ0) is 7.11. The van der Waals surface area contributed by atoms with Gasteiger partial charge in [-0.3, -0.25) is 0 Å². The number of thioether (sulfide) groups is 1. The summed E-state index contributed by atoms with van der Waals surface area (Å²) in [6.45, 7) is 4.55. The third-order valence-corrected chi connectivity index (χ3v) is 4.80. The van der Waals surface area contributed by atoms with Gasteiger partial charge in [0.1, 0.15) is 0 Å². The molecule has 0 aliphatic carbocycles. The summed E-state index contributed by atoms with van der Waals surface area (Å²) in [6.07, 6.45) is 1.36. The van der Waals surface area contributed by atoms with Gasteiger partial charge in [0.25, 0.3) is 0 Å². The van der Waals surface area contributed by atoms with Gasteiger partial charge >= 0.3 is 0 Å². The molecule has 0 nitrogen and oxygen atoms in total. The Morgan fingerprint density at radius 3 is 2.56 bits per heavy atom. The first-order valence-electron chi connectivity index (χ1n) is 3.08. The van der Waals surface area contributed by atoms with Crippen molar-refractivity contribution in [3.63, 3.8) is 0 Å². The van der Waals surface area contributed by atoms with Gasteiger partial charge in [0, 0.05) is 5.08 Å². The van der Waals surface area contributed by atoms with Crippen LogP contribution in [-0.4, -0.2) is 10.8 Å². The molecule has 0 aromatic heterocycles. The third kappa shape index (κ3) is 9.43. The molecule has 0 saturated carbocycles. The minimum Gasteiger partial charge on any atom is -0.150 e. The summed E-state index contributed by atoms with van der Waals surface area (Å²) >= 11 is 4.38. The fraction of sp³-hybridized carbons (Fsp3) is 1.00. The number of hydrogen-bond acceptors (Lipinski definition) is 2. The second kappa shape index (κ2) is 7.54. The maximum atomic E-state index is 2.34. The SMILES string of the molecule is CC(C)CCSCSI. The highest BCUT2D eigenvalue weighted by atomic mass is 127. The van der Waals surface area contributed by atoms with E-state index in [0.29, 0.717) is 0 Å². The van der Waals surface area contributed by atoms with Crippen molar-refractivity contribution in [3.05, 3.63) is 0 Å². The first-order chi connectivity index (χ1) is 4.27. The zero-order valence-corrected chi connectivity index (χ0v) is 9.68. The Bertz CT molecular complexity index is 57.0. The summed E-state index contributed by atoms with van der Waals surface area (Å²) in [6, 6.07) is 0. The minimum atomic E-state index is 0.872. The molecule has 56 valence electrons. The molecule has 0 rings (SSSR count). The van der Waals surface area contributed by atoms with Crippen LogP contribution in [0.4, 0.5) is 0 Å². The molecule has 0 bridgehead atoms. The van der Waals surface area contributed by atoms with Gasteiger partial charge in [-0.2, -0.15) is 11.8 Å². The summed E-state index contributed by atoms with van der Waals surface area (Å²) in [5.74, 6) is 2.20. The van der Waals surface area contributed by atoms with Gasteiger partial charge in [-0.1, -0.05) is 22.8 Å². The molecule has 0 aliphatic rings. The molecule has 0 unspecified atom stereocenters. The fourth-order valence-electron chi connectivity index (χ4n) is 0.409. The zero-order valence-electron chi connectivity index (χ0n) is 5.89. The largest absolute Gasteiger partial charge is 0.150 e. The predicted octanol–water partition coefficient (Wildman–Crippen LogP) is 3.81. The average Bonchev–Trinajstić information content (AvgIpc) is 1.80. The molecule has 0 atom stereocenters. The van der Waals surface area contributed by atoms with Gasteiger partial charge in [-0.15, -0.1) is 0 Å². The van der Waals surface area contributed by atoms with Gasteiger partial charge in [0.15, 0.2) is 0 Å². The van der Waals surface area contributed by atoms with Crippen molar-refractivity contribution in [1.29, 1.82) is 0 Å². The van der Waals surface area contributed by atoms with Gasteiger partial charge in [-0.05, 0) is 39.3 Å². The van der Waals surface area contributed by atoms with E-state index in [1.807, 2.05) is 20.7 Å². The number of halogens is 1. The molecule has 0 aromatic carbocycles. The standard InChI is InChI=1S/C6H13IS2/c1-6(2)3-4-8-5-9-7/h6H,3-5H2,1-2H3. The van der Waals surface area contributed by atoms with Crippen LogP contribution in [0.15, 0.2) is 0 Å². The molecule has 0 N–H and O–H groups in total. The topological polar surface area (TPSA) is 0 Å². The molecular formula is C6H13IS2. The highest BCUT2D eigenvalue weighted by molar-refractivity contribution is 14.2. The van der Waals surface area contributed by atoms with E-state index >= 15 is 0 Å². The molecule has 0 spiro atoms. The molecule has 0 fully saturated rings. The van der Waals surface area contributed by atoms with Gasteiger partial charge in [0.2, 0.25) is 0 Å². The minimum absolute atomic E-state index is 0.872. The van der Waals surface area contributed by atoms with E-state index in [2.05, 4.69) is 35.1 Å². The molecule has 3 heteroatoms. The number of hydrogen-bond donors (Lipinski definition) is 0. The highest BCUT2D eigenvalue weighted by Gasteiger charge is 1.92. The molecule has 0 saturated heterocycles. The Morgan fingerprint density at radius 1 is 1.44 bits per heavy atom. The second-order valence-electron chi connectivity index (χ2n) is 2.32. The smallest absolute Gasteiger partial charge is 0.0492 e. The molecular weight excluding hydrogens is 263 g/mol. The normalized spacial score (nSPS) is 10.7. The molecule has 0 heterocycles. The van der Waals surface area contributed by atoms with Crippen molar-refractivity contribution in [2.24, 2.45) is 5.92 Å². The Labute approximate surface area is 78.5 Å². The van der Waals surface area contributed by atoms with Crippen molar-refractivity contribution in [1.82, 2.24) is 0 Å². The van der Waals surface area contributed by atoms with Crippen LogP contribution in [-0.2, 0) is 0 Å². The van der Waals surface area contributed by atoms with Crippen molar-refractivity contribution in [2.75, 3.05) is 10.8 Å². The molecule has 0 radical (unpaired) electrons. The van der Waals surface area contributed by atoms with Crippen LogP contribution in [0.5, 0.6) is 0 Å². The van der Waals surface area contributed by atoms with E-state index in [1.54, 1.807) is 0 Å². The average molecular weight is 276 g/mol. The molecule has 0 amide bonds. The monoisotopic (exact) mass is 276 g/mol. The quantitative estimate of drug-likeness (QED) is 0.425. The molecule has 9 heavy (non-hydrogen) atoms. The van der Waals surface area contributed by atoms with Crippen LogP contribution < -0.4 is 0 Å². The third-order valence-electron chi connectivity index (χ3n) is 0.967. The lowest BCUT2D eigenvalue weighted by molar-refractivity contribution is 0.632. The van der Waals surface area contributed by atoms with Gasteiger partial charge in [-0.25, -0.2) is 0 Å². The second-order valence-corrected chi connectivity index (χ2v) is 6.16. The van der Waals surface area contributed by atoms with E-state index in [-0.39, 0.29) is 0 Å². The maximum absolute atomic E-state index is 2.34. The van der Waals surface area contributed by atoms with Crippen molar-refractivity contribution in [3.8, 4) is 0 Å². The summed E-state index contributed by atoms with van der Waals surface area (Å²) in [7, 11) is 1.89. The molecule has 0 aromatic rings. The lowest BCUT2D eigenvalue weighted by Crippen LogP contribution is -1.88. The highest BCUT2D eigenvalue weighted by Crippen LogP contribution is 2.19. The van der Waals surface area contributed by atoms with Crippen molar-refractivity contribution >= 4 is 41.9 Å². The first kappa shape index (κ1) is 10.4. The summed E-state index contributed by atoms with van der Waals surface area (Å²) in [5, 5.41) is 1.24. The molecule has 0 aliphatic heterocycles. The Kier molecular flexibility index (Phi) is 8.73. The van der Waals surface area contributed by atoms with Crippen LogP contribution in [0.1, 0.15) is 20.3 Å². The van der Waals surface area contributed by atoms with E-state index < -0.39 is 0 Å². The summed E-state index contributed by atoms with van der Waals surface area (Å²) < 4.78 is 0. The maximum Gasteiger partial charge on any atom is 0.0492 e. The van der Waals surface area contributed by atoms with Gasteiger partial charge in [0.05, 0.1) is 0 Å². The van der Waals surface area contributed by atoms with Crippen LogP contribution >= 0.6 is 41.9 Å². The first-order valence-corrected chi connectivity index (χ1v) is 7.77. The lowest BCUT2D eigenvalue weighted by Gasteiger charge is -2.01. The van der Waals surface area contributed by atoms with Crippen molar-refractivity contribution < 1.29 is 0 Å². The van der Waals surface area contributed by atoms with Gasteiger partial charge < -0.3 is 0 Å². The lowest BCUT2D eigenvalue weighted by atomic mass is 10.2. The predicted molar refractivity (Wildman–Crippen MR) is 58.4 cm³/mol. The number of rotatable bonds is 5. The van der Waals surface area contributed by atoms with E-state index in [1.165, 1.54) is 17.3 Å². The van der Waals surface area contributed by atoms with E-state index in [0.717, 1.165) is 5.92 Å². The summed E-state index contributed by atoms with van der Waals surface area (Å²) in [4.78, 5) is 0. The van der Waals surface area contributed by atoms with E-state index in [9.17, 15) is 0 Å². The van der Waals surface area contributed by atoms with E-state index in [4.69, 9.17) is 0 Å². The Morgan fingerprint density at radius 2 is 2.11 bits per heavy atom. The fourth-order valence-corrected chi connectivity index (χ4v) is 3.39. The Hall–Kier alpha value is 1.43. The van der Waals surface area contributed by atoms with Crippen LogP contribution in [0.25, 0.3) is 0 Å². The summed E-state index contributed by atoms with van der Waals surface area (Å²) in [5.41, 5.74) is 0. The Balaban J connectivity index is 2.75. The van der Waals surface area contributed by atoms with Crippen LogP contribution in [0.2, 0.25) is 0 Å². The van der Waals surface area contributed by atoms with Crippen LogP contribution in [0.3, 0.4) is 0 Å². The van der Waals surface area contributed by atoms with Crippen LogP contribution in [0, 0.1) is 5.92 Å². The van der Waals surface area contributed by atoms with Crippen molar-refractivity contribution in [2.45, 2.75) is 20.3 Å².